The smallest absolute Gasteiger partial charge is 0.301 e. The molecule has 274 valence electrons. The summed E-state index contributed by atoms with van der Waals surface area (Å²) in [6.45, 7) is 6.07. The number of hydrogen-bond acceptors (Lipinski definition) is 13. The number of nitrogens with one attached hydrogen (secondary N) is 1. The number of hydrazone groups is 1. The number of nitro benzene ring substituents is 2. The molecule has 0 spiro atoms. The zero-order chi connectivity index (χ0) is 36.4. The summed E-state index contributed by atoms with van der Waals surface area (Å²) in [6, 6.07) is 13.9. The normalized spacial score (nSPS) is 14.5. The Balaban J connectivity index is 1.46. The number of carbonyl (C=O) groups excluding carboxylic acids is 1. The molecule has 1 aliphatic heterocycles. The summed E-state index contributed by atoms with van der Waals surface area (Å²) >= 11 is 0. The number of rotatable bonds is 12. The van der Waals surface area contributed by atoms with Crippen LogP contribution in [0.4, 0.5) is 17.1 Å². The fourth-order valence-corrected chi connectivity index (χ4v) is 4.98. The molecule has 1 N–H and O–H groups in total. The third kappa shape index (κ3) is 11.9. The summed E-state index contributed by atoms with van der Waals surface area (Å²) in [5, 5.41) is 27.3. The van der Waals surface area contributed by atoms with Crippen molar-refractivity contribution in [1.82, 2.24) is 0 Å². The predicted molar refractivity (Wildman–Crippen MR) is 190 cm³/mol. The van der Waals surface area contributed by atoms with Gasteiger partial charge in [0.2, 0.25) is 0 Å². The van der Waals surface area contributed by atoms with Crippen molar-refractivity contribution >= 4 is 28.6 Å². The summed E-state index contributed by atoms with van der Waals surface area (Å²) in [6.07, 6.45) is 4.44. The quantitative estimate of drug-likeness (QED) is 0.0869. The Kier molecular flexibility index (Phi) is 15.4. The minimum absolute atomic E-state index is 0.0213. The van der Waals surface area contributed by atoms with Gasteiger partial charge in [0, 0.05) is 23.6 Å². The maximum Gasteiger partial charge on any atom is 0.301 e. The Morgan fingerprint density at radius 3 is 1.75 bits per heavy atom. The van der Waals surface area contributed by atoms with Crippen molar-refractivity contribution in [3.05, 3.63) is 86.0 Å². The first kappa shape index (κ1) is 38.5. The summed E-state index contributed by atoms with van der Waals surface area (Å²) in [4.78, 5) is 34.0. The average Bonchev–Trinajstić information content (AvgIpc) is 3.13. The van der Waals surface area contributed by atoms with Gasteiger partial charge in [0.15, 0.2) is 28.8 Å². The third-order valence-corrected chi connectivity index (χ3v) is 7.71. The Hall–Kier alpha value is -5.28. The molecule has 0 aliphatic carbocycles. The number of nitrogens with zero attached hydrogens (tertiary/aromatic N) is 3. The van der Waals surface area contributed by atoms with Crippen LogP contribution >= 0.6 is 0 Å². The first-order valence-corrected chi connectivity index (χ1v) is 17.0. The molecule has 0 radical (unpaired) electrons. The van der Waals surface area contributed by atoms with Crippen LogP contribution in [0.2, 0.25) is 0 Å². The molecule has 15 nitrogen and oxygen atoms in total. The topological polar surface area (TPSA) is 183 Å². The van der Waals surface area contributed by atoms with Gasteiger partial charge >= 0.3 is 5.69 Å². The largest absolute Gasteiger partial charge is 0.487 e. The molecule has 3 aromatic rings. The van der Waals surface area contributed by atoms with Gasteiger partial charge in [0.05, 0.1) is 48.1 Å². The van der Waals surface area contributed by atoms with Crippen molar-refractivity contribution in [2.45, 2.75) is 52.4 Å². The van der Waals surface area contributed by atoms with Crippen LogP contribution in [-0.4, -0.2) is 74.2 Å². The maximum atomic E-state index is 12.6. The number of non-ortho nitro benzene ring substituents is 1. The highest BCUT2D eigenvalue weighted by molar-refractivity contribution is 6.01. The van der Waals surface area contributed by atoms with Gasteiger partial charge in [-0.2, -0.15) is 5.10 Å². The van der Waals surface area contributed by atoms with Crippen molar-refractivity contribution < 1.29 is 43.1 Å². The molecule has 1 heterocycles. The van der Waals surface area contributed by atoms with E-state index in [9.17, 15) is 25.0 Å². The van der Waals surface area contributed by atoms with Gasteiger partial charge in [0.25, 0.3) is 5.69 Å². The van der Waals surface area contributed by atoms with Crippen molar-refractivity contribution in [3.8, 4) is 23.0 Å². The highest BCUT2D eigenvalue weighted by atomic mass is 16.6. The lowest BCUT2D eigenvalue weighted by atomic mass is 10.0. The van der Waals surface area contributed by atoms with Crippen LogP contribution in [0.25, 0.3) is 0 Å². The Morgan fingerprint density at radius 1 is 0.667 bits per heavy atom. The zero-order valence-corrected chi connectivity index (χ0v) is 28.9. The molecular formula is C36H44N4O11. The van der Waals surface area contributed by atoms with E-state index >= 15 is 0 Å². The summed E-state index contributed by atoms with van der Waals surface area (Å²) in [5.41, 5.74) is 3.77. The van der Waals surface area contributed by atoms with E-state index in [-0.39, 0.29) is 64.3 Å². The number of benzene rings is 3. The van der Waals surface area contributed by atoms with E-state index in [2.05, 4.69) is 10.5 Å². The molecule has 0 saturated carbocycles. The molecule has 0 fully saturated rings. The molecule has 3 aromatic carbocycles. The predicted octanol–water partition coefficient (Wildman–Crippen LogP) is 7.14. The number of Topliss-reactive ketones (excluding diaryl/α,β-unsaturated/α-hetero) is 1. The monoisotopic (exact) mass is 708 g/mol. The molecule has 51 heavy (non-hydrogen) atoms. The number of anilines is 1. The molecule has 0 unspecified atom stereocenters. The highest BCUT2D eigenvalue weighted by Gasteiger charge is 2.20. The van der Waals surface area contributed by atoms with Crippen molar-refractivity contribution in [2.24, 2.45) is 5.10 Å². The second-order valence-corrected chi connectivity index (χ2v) is 11.5. The van der Waals surface area contributed by atoms with Crippen LogP contribution in [0, 0.1) is 20.2 Å². The average molecular weight is 709 g/mol. The van der Waals surface area contributed by atoms with E-state index in [1.807, 2.05) is 19.9 Å². The molecule has 0 aromatic heterocycles. The highest BCUT2D eigenvalue weighted by Crippen LogP contribution is 2.32. The molecule has 15 heteroatoms. The zero-order valence-electron chi connectivity index (χ0n) is 28.9. The van der Waals surface area contributed by atoms with Crippen LogP contribution in [0.1, 0.15) is 68.3 Å². The van der Waals surface area contributed by atoms with Gasteiger partial charge in [-0.1, -0.05) is 26.7 Å². The van der Waals surface area contributed by atoms with Gasteiger partial charge in [-0.15, -0.1) is 0 Å². The van der Waals surface area contributed by atoms with E-state index in [1.165, 1.54) is 12.1 Å². The van der Waals surface area contributed by atoms with Crippen LogP contribution in [-0.2, 0) is 9.47 Å². The lowest BCUT2D eigenvalue weighted by molar-refractivity contribution is -0.393. The van der Waals surface area contributed by atoms with E-state index < -0.39 is 21.2 Å². The van der Waals surface area contributed by atoms with Crippen LogP contribution in [0.3, 0.4) is 0 Å². The molecule has 1 aliphatic rings. The van der Waals surface area contributed by atoms with Crippen LogP contribution in [0.5, 0.6) is 23.0 Å². The van der Waals surface area contributed by atoms with Crippen LogP contribution < -0.4 is 24.4 Å². The lowest BCUT2D eigenvalue weighted by Gasteiger charge is -2.17. The van der Waals surface area contributed by atoms with Crippen LogP contribution in [0.15, 0.2) is 59.7 Å². The third-order valence-electron chi connectivity index (χ3n) is 7.71. The number of fused-ring (bicyclic) bond motifs is 2. The van der Waals surface area contributed by atoms with E-state index in [1.54, 1.807) is 30.3 Å². The molecule has 0 bridgehead atoms. The van der Waals surface area contributed by atoms with E-state index in [0.29, 0.717) is 52.7 Å². The molecule has 0 amide bonds. The summed E-state index contributed by atoms with van der Waals surface area (Å²) in [7, 11) is 0. The van der Waals surface area contributed by atoms with Gasteiger partial charge in [-0.25, -0.2) is 0 Å². The Labute approximate surface area is 296 Å². The minimum atomic E-state index is -0.696. The standard InChI is InChI=1S/C36H44N4O11/c1-3-5-7-29(37-38-30-12-11-28(39(42)43)25-31(30)40(44)45)26-9-13-33-35(23-26)50-21-17-46-16-20-49-34-14-10-27(32(41)8-6-4-2)24-36(34)51-22-18-47-15-19-48-33/h9-14,23-25,38H,3-8,15-22H2,1-2H3/b37-29-. The first-order valence-electron chi connectivity index (χ1n) is 17.0. The molecular weight excluding hydrogens is 664 g/mol. The first-order chi connectivity index (χ1) is 24.8. The fraction of sp³-hybridized carbons (Fsp3) is 0.444. The van der Waals surface area contributed by atoms with E-state index in [0.717, 1.165) is 31.7 Å². The number of unbranched alkanes of at least 4 members (excludes halogenated alkanes) is 2. The Morgan fingerprint density at radius 2 is 1.20 bits per heavy atom. The number of nitro groups is 2. The number of hydrogen-bond donors (Lipinski definition) is 1. The number of carbonyl (C=O) groups is 1. The second-order valence-electron chi connectivity index (χ2n) is 11.5. The van der Waals surface area contributed by atoms with Crippen molar-refractivity contribution in [3.63, 3.8) is 0 Å². The second kappa shape index (κ2) is 20.4. The summed E-state index contributed by atoms with van der Waals surface area (Å²) in [5.74, 6) is 1.95. The fourth-order valence-electron chi connectivity index (χ4n) is 4.98. The number of ketones is 1. The Bertz CT molecular complexity index is 1660. The summed E-state index contributed by atoms with van der Waals surface area (Å²) < 4.78 is 35.4. The SMILES string of the molecule is CCCCC(=O)c1ccc2c(c1)OCCOCCOc1ccc(/C(CCCC)=N\Nc3ccc([N+](=O)[O-])cc3[N+](=O)[O-])cc1OCCOCCO2. The van der Waals surface area contributed by atoms with Gasteiger partial charge in [-0.3, -0.25) is 30.4 Å². The van der Waals surface area contributed by atoms with Gasteiger partial charge < -0.3 is 28.4 Å². The van der Waals surface area contributed by atoms with Crippen molar-refractivity contribution in [2.75, 3.05) is 58.3 Å². The molecule has 0 atom stereocenters. The number of ether oxygens (including phenoxy) is 6. The van der Waals surface area contributed by atoms with E-state index in [4.69, 9.17) is 28.4 Å². The maximum absolute atomic E-state index is 12.6. The minimum Gasteiger partial charge on any atom is -0.487 e. The molecule has 4 rings (SSSR count). The van der Waals surface area contributed by atoms with Gasteiger partial charge in [0.1, 0.15) is 32.1 Å². The van der Waals surface area contributed by atoms with Gasteiger partial charge in [-0.05, 0) is 61.7 Å². The molecule has 0 saturated heterocycles. The van der Waals surface area contributed by atoms with Crippen molar-refractivity contribution in [1.29, 1.82) is 0 Å². The lowest BCUT2D eigenvalue weighted by Crippen LogP contribution is -2.16.